The summed E-state index contributed by atoms with van der Waals surface area (Å²) in [4.78, 5) is 16.9. The first-order valence-electron chi connectivity index (χ1n) is 9.08. The van der Waals surface area contributed by atoms with E-state index in [1.807, 2.05) is 11.0 Å². The lowest BCUT2D eigenvalue weighted by Gasteiger charge is -2.23. The van der Waals surface area contributed by atoms with Crippen LogP contribution < -0.4 is 4.74 Å². The van der Waals surface area contributed by atoms with E-state index in [0.29, 0.717) is 26.3 Å². The van der Waals surface area contributed by atoms with Gasteiger partial charge in [0.15, 0.2) is 0 Å². The minimum absolute atomic E-state index is 0.109. The number of hydrogen-bond donors (Lipinski definition) is 0. The number of rotatable bonds is 5. The molecule has 0 N–H and O–H groups in total. The Morgan fingerprint density at radius 1 is 1.29 bits per heavy atom. The molecule has 2 aliphatic heterocycles. The molecule has 0 aliphatic carbocycles. The first kappa shape index (κ1) is 17.2. The molecule has 3 rings (SSSR count). The highest BCUT2D eigenvalue weighted by molar-refractivity contribution is 5.81. The molecule has 0 saturated carbocycles. The topological polar surface area (TPSA) is 42.0 Å². The van der Waals surface area contributed by atoms with Crippen molar-refractivity contribution < 1.29 is 14.3 Å². The predicted molar refractivity (Wildman–Crippen MR) is 93.0 cm³/mol. The molecule has 1 aromatic rings. The Bertz CT molecular complexity index is 566. The summed E-state index contributed by atoms with van der Waals surface area (Å²) in [5.74, 6) is 1.01. The van der Waals surface area contributed by atoms with Crippen molar-refractivity contribution in [2.45, 2.75) is 45.9 Å². The molecule has 2 aliphatic rings. The average Bonchev–Trinajstić information content (AvgIpc) is 3.06. The zero-order valence-corrected chi connectivity index (χ0v) is 14.8. The second kappa shape index (κ2) is 7.99. The lowest BCUT2D eigenvalue weighted by Crippen LogP contribution is -2.39. The van der Waals surface area contributed by atoms with Gasteiger partial charge >= 0.3 is 0 Å². The minimum Gasteiger partial charge on any atom is -0.491 e. The number of amides is 1. The summed E-state index contributed by atoms with van der Waals surface area (Å²) in [5.41, 5.74) is 2.37. The van der Waals surface area contributed by atoms with Crippen molar-refractivity contribution in [3.63, 3.8) is 0 Å². The number of fused-ring (bicyclic) bond motifs is 1. The standard InChI is InChI=1S/C19H28N2O3/c1-3-20(4-2)13-15-7-8-17-16(12-15)14-21(9-11-24-17)19(22)18-6-5-10-23-18/h7-8,12,18H,3-6,9-11,13-14H2,1-2H3. The third-order valence-electron chi connectivity index (χ3n) is 4.92. The number of carbonyl (C=O) groups is 1. The van der Waals surface area contributed by atoms with E-state index in [1.165, 1.54) is 5.56 Å². The van der Waals surface area contributed by atoms with E-state index in [-0.39, 0.29) is 12.0 Å². The first-order valence-corrected chi connectivity index (χ1v) is 9.08. The molecule has 1 fully saturated rings. The van der Waals surface area contributed by atoms with Crippen molar-refractivity contribution >= 4 is 5.91 Å². The van der Waals surface area contributed by atoms with E-state index in [1.54, 1.807) is 0 Å². The minimum atomic E-state index is -0.259. The molecule has 0 bridgehead atoms. The molecule has 24 heavy (non-hydrogen) atoms. The Labute approximate surface area is 144 Å². The molecule has 0 spiro atoms. The maximum Gasteiger partial charge on any atom is 0.252 e. The van der Waals surface area contributed by atoms with Crippen LogP contribution in [0.25, 0.3) is 0 Å². The van der Waals surface area contributed by atoms with Crippen LogP contribution in [0.1, 0.15) is 37.8 Å². The summed E-state index contributed by atoms with van der Waals surface area (Å²) in [7, 11) is 0. The van der Waals surface area contributed by atoms with E-state index in [0.717, 1.165) is 43.8 Å². The van der Waals surface area contributed by atoms with Crippen molar-refractivity contribution in [1.82, 2.24) is 9.80 Å². The van der Waals surface area contributed by atoms with Crippen molar-refractivity contribution in [2.75, 3.05) is 32.8 Å². The number of nitrogens with zero attached hydrogens (tertiary/aromatic N) is 2. The van der Waals surface area contributed by atoms with Gasteiger partial charge in [-0.1, -0.05) is 19.9 Å². The van der Waals surface area contributed by atoms with Gasteiger partial charge in [0, 0.05) is 25.3 Å². The molecule has 1 saturated heterocycles. The number of ether oxygens (including phenoxy) is 2. The molecule has 132 valence electrons. The van der Waals surface area contributed by atoms with Crippen LogP contribution in [0.15, 0.2) is 18.2 Å². The quantitative estimate of drug-likeness (QED) is 0.830. The van der Waals surface area contributed by atoms with Crippen LogP contribution in [0.4, 0.5) is 0 Å². The van der Waals surface area contributed by atoms with Gasteiger partial charge in [0.1, 0.15) is 18.5 Å². The monoisotopic (exact) mass is 332 g/mol. The molecule has 1 amide bonds. The number of hydrogen-bond acceptors (Lipinski definition) is 4. The van der Waals surface area contributed by atoms with Crippen LogP contribution in [-0.4, -0.2) is 54.7 Å². The van der Waals surface area contributed by atoms with Gasteiger partial charge in [0.05, 0.1) is 6.54 Å². The fourth-order valence-electron chi connectivity index (χ4n) is 3.42. The van der Waals surface area contributed by atoms with Crippen LogP contribution >= 0.6 is 0 Å². The van der Waals surface area contributed by atoms with Crippen LogP contribution in [0.2, 0.25) is 0 Å². The van der Waals surface area contributed by atoms with Crippen LogP contribution in [0.5, 0.6) is 5.75 Å². The van der Waals surface area contributed by atoms with Crippen LogP contribution in [0.3, 0.4) is 0 Å². The fraction of sp³-hybridized carbons (Fsp3) is 0.632. The molecular formula is C19H28N2O3. The van der Waals surface area contributed by atoms with Gasteiger partial charge in [-0.2, -0.15) is 0 Å². The Hall–Kier alpha value is -1.59. The summed E-state index contributed by atoms with van der Waals surface area (Å²) in [6.07, 6.45) is 1.56. The lowest BCUT2D eigenvalue weighted by molar-refractivity contribution is -0.141. The number of benzene rings is 1. The Morgan fingerprint density at radius 2 is 2.12 bits per heavy atom. The van der Waals surface area contributed by atoms with Crippen molar-refractivity contribution in [2.24, 2.45) is 0 Å². The summed E-state index contributed by atoms with van der Waals surface area (Å²) >= 11 is 0. The largest absolute Gasteiger partial charge is 0.491 e. The van der Waals surface area contributed by atoms with Crippen LogP contribution in [-0.2, 0) is 22.6 Å². The molecule has 2 heterocycles. The van der Waals surface area contributed by atoms with Gasteiger partial charge in [-0.3, -0.25) is 9.69 Å². The highest BCUT2D eigenvalue weighted by atomic mass is 16.5. The second-order valence-electron chi connectivity index (χ2n) is 6.51. The molecular weight excluding hydrogens is 304 g/mol. The average molecular weight is 332 g/mol. The first-order chi connectivity index (χ1) is 11.7. The van der Waals surface area contributed by atoms with Gasteiger partial charge in [-0.05, 0) is 43.6 Å². The van der Waals surface area contributed by atoms with Gasteiger partial charge in [0.25, 0.3) is 5.91 Å². The van der Waals surface area contributed by atoms with E-state index < -0.39 is 0 Å². The van der Waals surface area contributed by atoms with Crippen molar-refractivity contribution in [1.29, 1.82) is 0 Å². The Kier molecular flexibility index (Phi) is 5.74. The maximum absolute atomic E-state index is 12.7. The molecule has 5 heteroatoms. The van der Waals surface area contributed by atoms with E-state index in [9.17, 15) is 4.79 Å². The smallest absolute Gasteiger partial charge is 0.252 e. The third-order valence-corrected chi connectivity index (χ3v) is 4.92. The second-order valence-corrected chi connectivity index (χ2v) is 6.51. The van der Waals surface area contributed by atoms with Gasteiger partial charge in [0.2, 0.25) is 0 Å². The van der Waals surface area contributed by atoms with Crippen molar-refractivity contribution in [3.8, 4) is 5.75 Å². The number of carbonyl (C=O) groups excluding carboxylic acids is 1. The van der Waals surface area contributed by atoms with Gasteiger partial charge < -0.3 is 14.4 Å². The van der Waals surface area contributed by atoms with Crippen LogP contribution in [0, 0.1) is 0 Å². The summed E-state index contributed by atoms with van der Waals surface area (Å²) in [6.45, 7) is 9.84. The van der Waals surface area contributed by atoms with Gasteiger partial charge in [-0.15, -0.1) is 0 Å². The molecule has 5 nitrogen and oxygen atoms in total. The van der Waals surface area contributed by atoms with E-state index >= 15 is 0 Å². The molecule has 1 aromatic carbocycles. The normalized spacial score (nSPS) is 20.6. The maximum atomic E-state index is 12.7. The molecule has 1 atom stereocenters. The molecule has 0 aromatic heterocycles. The van der Waals surface area contributed by atoms with Gasteiger partial charge in [-0.25, -0.2) is 0 Å². The Morgan fingerprint density at radius 3 is 2.83 bits per heavy atom. The Balaban J connectivity index is 1.74. The third kappa shape index (κ3) is 3.90. The van der Waals surface area contributed by atoms with E-state index in [2.05, 4.69) is 30.9 Å². The summed E-state index contributed by atoms with van der Waals surface area (Å²) < 4.78 is 11.4. The van der Waals surface area contributed by atoms with E-state index in [4.69, 9.17) is 9.47 Å². The summed E-state index contributed by atoms with van der Waals surface area (Å²) in [6, 6.07) is 6.37. The predicted octanol–water partition coefficient (Wildman–Crippen LogP) is 2.43. The fourth-order valence-corrected chi connectivity index (χ4v) is 3.42. The summed E-state index contributed by atoms with van der Waals surface area (Å²) in [5, 5.41) is 0. The SMILES string of the molecule is CCN(CC)Cc1ccc2c(c1)CN(C(=O)C1CCCO1)CCO2. The zero-order valence-electron chi connectivity index (χ0n) is 14.8. The highest BCUT2D eigenvalue weighted by Crippen LogP contribution is 2.26. The molecule has 1 unspecified atom stereocenters. The molecule has 0 radical (unpaired) electrons. The van der Waals surface area contributed by atoms with Crippen molar-refractivity contribution in [3.05, 3.63) is 29.3 Å². The lowest BCUT2D eigenvalue weighted by atomic mass is 10.1. The zero-order chi connectivity index (χ0) is 16.9. The highest BCUT2D eigenvalue weighted by Gasteiger charge is 2.29.